The molecule has 2 N–H and O–H groups in total. The van der Waals surface area contributed by atoms with Crippen LogP contribution >= 0.6 is 0 Å². The van der Waals surface area contributed by atoms with E-state index in [4.69, 9.17) is 0 Å². The Kier molecular flexibility index (Phi) is 7.72. The van der Waals surface area contributed by atoms with Crippen molar-refractivity contribution in [1.29, 1.82) is 0 Å². The lowest BCUT2D eigenvalue weighted by Crippen LogP contribution is -2.34. The van der Waals surface area contributed by atoms with Crippen LogP contribution in [-0.2, 0) is 11.3 Å². The summed E-state index contributed by atoms with van der Waals surface area (Å²) in [5.74, 6) is 0.201. The number of unbranched alkanes of at least 4 members (excludes halogenated alkanes) is 1. The van der Waals surface area contributed by atoms with E-state index < -0.39 is 0 Å². The zero-order valence-electron chi connectivity index (χ0n) is 18.7. The van der Waals surface area contributed by atoms with Gasteiger partial charge in [-0.15, -0.1) is 0 Å². The third kappa shape index (κ3) is 6.01. The molecule has 0 aliphatic carbocycles. The minimum absolute atomic E-state index is 0.128. The van der Waals surface area contributed by atoms with Gasteiger partial charge < -0.3 is 15.2 Å². The predicted molar refractivity (Wildman–Crippen MR) is 126 cm³/mol. The third-order valence-electron chi connectivity index (χ3n) is 5.03. The largest absolute Gasteiger partial charge is 0.345 e. The van der Waals surface area contributed by atoms with Crippen LogP contribution in [0.1, 0.15) is 35.9 Å². The summed E-state index contributed by atoms with van der Waals surface area (Å²) in [5, 5.41) is 3.41. The standard InChI is InChI=1S/C24H29N5O3/c1-4-5-13-29(15-21-26-20-12-7-6-11-19(20)23(31)27-21)16-22(30)25-18-10-8-9-17(14-18)24(32)28(2)3/h6-12,14H,4-5,13,15-16H2,1-3H3,(H,25,30)(H,26,27,31). The number of hydrogen-bond donors (Lipinski definition) is 2. The summed E-state index contributed by atoms with van der Waals surface area (Å²) in [7, 11) is 3.37. The smallest absolute Gasteiger partial charge is 0.258 e. The Balaban J connectivity index is 1.72. The molecule has 0 spiro atoms. The van der Waals surface area contributed by atoms with E-state index >= 15 is 0 Å². The van der Waals surface area contributed by atoms with Gasteiger partial charge in [-0.2, -0.15) is 0 Å². The van der Waals surface area contributed by atoms with Crippen LogP contribution in [-0.4, -0.2) is 58.8 Å². The summed E-state index contributed by atoms with van der Waals surface area (Å²) in [6.45, 7) is 3.27. The van der Waals surface area contributed by atoms with Gasteiger partial charge in [-0.25, -0.2) is 4.98 Å². The highest BCUT2D eigenvalue weighted by molar-refractivity contribution is 5.97. The summed E-state index contributed by atoms with van der Waals surface area (Å²) in [6, 6.07) is 14.1. The molecule has 8 heteroatoms. The number of hydrogen-bond acceptors (Lipinski definition) is 5. The van der Waals surface area contributed by atoms with Crippen molar-refractivity contribution in [3.05, 3.63) is 70.3 Å². The van der Waals surface area contributed by atoms with Gasteiger partial charge in [0.25, 0.3) is 11.5 Å². The number of amides is 2. The molecule has 2 amide bonds. The molecule has 0 aliphatic rings. The van der Waals surface area contributed by atoms with E-state index in [1.165, 1.54) is 4.90 Å². The molecular weight excluding hydrogens is 406 g/mol. The Bertz CT molecular complexity index is 1160. The van der Waals surface area contributed by atoms with Crippen LogP contribution in [0.5, 0.6) is 0 Å². The number of benzene rings is 2. The maximum absolute atomic E-state index is 12.7. The summed E-state index contributed by atoms with van der Waals surface area (Å²) >= 11 is 0. The Morgan fingerprint density at radius 3 is 2.62 bits per heavy atom. The lowest BCUT2D eigenvalue weighted by molar-refractivity contribution is -0.117. The molecule has 3 rings (SSSR count). The van der Waals surface area contributed by atoms with Crippen LogP contribution in [0.2, 0.25) is 0 Å². The highest BCUT2D eigenvalue weighted by atomic mass is 16.2. The molecule has 2 aromatic carbocycles. The number of aromatic nitrogens is 2. The normalized spacial score (nSPS) is 11.0. The first-order valence-electron chi connectivity index (χ1n) is 10.7. The van der Waals surface area contributed by atoms with E-state index in [1.54, 1.807) is 56.6 Å². The monoisotopic (exact) mass is 435 g/mol. The van der Waals surface area contributed by atoms with E-state index in [1.807, 2.05) is 11.0 Å². The van der Waals surface area contributed by atoms with Gasteiger partial charge in [-0.05, 0) is 43.3 Å². The van der Waals surface area contributed by atoms with E-state index in [9.17, 15) is 14.4 Å². The molecule has 168 valence electrons. The molecule has 8 nitrogen and oxygen atoms in total. The summed E-state index contributed by atoms with van der Waals surface area (Å²) in [5.41, 5.74) is 1.52. The SMILES string of the molecule is CCCCN(CC(=O)Nc1cccc(C(=O)N(C)C)c1)Cc1nc2ccccc2c(=O)[nH]1. The number of nitrogens with one attached hydrogen (secondary N) is 2. The molecule has 3 aromatic rings. The maximum atomic E-state index is 12.7. The highest BCUT2D eigenvalue weighted by Gasteiger charge is 2.15. The topological polar surface area (TPSA) is 98.4 Å². The van der Waals surface area contributed by atoms with Crippen molar-refractivity contribution in [3.8, 4) is 0 Å². The fraction of sp³-hybridized carbons (Fsp3) is 0.333. The number of nitrogens with zero attached hydrogens (tertiary/aromatic N) is 3. The Labute approximate surface area is 187 Å². The average molecular weight is 436 g/mol. The minimum Gasteiger partial charge on any atom is -0.345 e. The number of fused-ring (bicyclic) bond motifs is 1. The van der Waals surface area contributed by atoms with Crippen molar-refractivity contribution in [3.63, 3.8) is 0 Å². The van der Waals surface area contributed by atoms with E-state index in [0.717, 1.165) is 12.8 Å². The molecule has 0 unspecified atom stereocenters. The molecule has 32 heavy (non-hydrogen) atoms. The van der Waals surface area contributed by atoms with Crippen LogP contribution < -0.4 is 10.9 Å². The zero-order chi connectivity index (χ0) is 23.1. The van der Waals surface area contributed by atoms with Gasteiger partial charge in [0.2, 0.25) is 5.91 Å². The molecule has 0 radical (unpaired) electrons. The fourth-order valence-electron chi connectivity index (χ4n) is 3.41. The van der Waals surface area contributed by atoms with Gasteiger partial charge in [0, 0.05) is 25.3 Å². The lowest BCUT2D eigenvalue weighted by atomic mass is 10.2. The molecule has 0 bridgehead atoms. The highest BCUT2D eigenvalue weighted by Crippen LogP contribution is 2.13. The third-order valence-corrected chi connectivity index (χ3v) is 5.03. The van der Waals surface area contributed by atoms with Gasteiger partial charge in [0.05, 0.1) is 24.0 Å². The van der Waals surface area contributed by atoms with Crippen molar-refractivity contribution >= 4 is 28.4 Å². The second-order valence-corrected chi connectivity index (χ2v) is 7.92. The van der Waals surface area contributed by atoms with Gasteiger partial charge in [-0.3, -0.25) is 19.3 Å². The summed E-state index contributed by atoms with van der Waals surface area (Å²) < 4.78 is 0. The van der Waals surface area contributed by atoms with Gasteiger partial charge >= 0.3 is 0 Å². The summed E-state index contributed by atoms with van der Waals surface area (Å²) in [4.78, 5) is 48.1. The van der Waals surface area contributed by atoms with Crippen LogP contribution in [0.4, 0.5) is 5.69 Å². The number of anilines is 1. The van der Waals surface area contributed by atoms with Crippen molar-refractivity contribution < 1.29 is 9.59 Å². The number of para-hydroxylation sites is 1. The first-order chi connectivity index (χ1) is 15.4. The predicted octanol–water partition coefficient (Wildman–Crippen LogP) is 2.87. The fourth-order valence-corrected chi connectivity index (χ4v) is 3.41. The Morgan fingerprint density at radius 2 is 1.88 bits per heavy atom. The number of carbonyl (C=O) groups excluding carboxylic acids is 2. The van der Waals surface area contributed by atoms with Gasteiger partial charge in [0.1, 0.15) is 5.82 Å². The van der Waals surface area contributed by atoms with Crippen molar-refractivity contribution in [2.45, 2.75) is 26.3 Å². The number of carbonyl (C=O) groups is 2. The Hall–Kier alpha value is -3.52. The van der Waals surface area contributed by atoms with Crippen molar-refractivity contribution in [2.24, 2.45) is 0 Å². The van der Waals surface area contributed by atoms with Crippen molar-refractivity contribution in [2.75, 3.05) is 32.5 Å². The van der Waals surface area contributed by atoms with Gasteiger partial charge in [0.15, 0.2) is 0 Å². The van der Waals surface area contributed by atoms with Crippen LogP contribution in [0, 0.1) is 0 Å². The summed E-state index contributed by atoms with van der Waals surface area (Å²) in [6.07, 6.45) is 1.90. The number of H-pyrrole nitrogens is 1. The first-order valence-corrected chi connectivity index (χ1v) is 10.7. The molecule has 0 fully saturated rings. The molecule has 0 aliphatic heterocycles. The first kappa shape index (κ1) is 23.1. The number of rotatable bonds is 9. The maximum Gasteiger partial charge on any atom is 0.258 e. The lowest BCUT2D eigenvalue weighted by Gasteiger charge is -2.21. The molecular formula is C24H29N5O3. The van der Waals surface area contributed by atoms with Crippen LogP contribution in [0.3, 0.4) is 0 Å². The second-order valence-electron chi connectivity index (χ2n) is 7.92. The average Bonchev–Trinajstić information content (AvgIpc) is 2.77. The number of aromatic amines is 1. The zero-order valence-corrected chi connectivity index (χ0v) is 18.7. The second kappa shape index (κ2) is 10.7. The quantitative estimate of drug-likeness (QED) is 0.539. The molecule has 1 heterocycles. The molecule has 0 saturated carbocycles. The van der Waals surface area contributed by atoms with Crippen LogP contribution in [0.25, 0.3) is 10.9 Å². The van der Waals surface area contributed by atoms with E-state index in [-0.39, 0.29) is 23.9 Å². The Morgan fingerprint density at radius 1 is 1.09 bits per heavy atom. The van der Waals surface area contributed by atoms with Gasteiger partial charge in [-0.1, -0.05) is 31.5 Å². The van der Waals surface area contributed by atoms with E-state index in [2.05, 4.69) is 22.2 Å². The molecule has 0 saturated heterocycles. The van der Waals surface area contributed by atoms with Crippen molar-refractivity contribution in [1.82, 2.24) is 19.8 Å². The minimum atomic E-state index is -0.196. The van der Waals surface area contributed by atoms with E-state index in [0.29, 0.717) is 41.1 Å². The molecule has 0 atom stereocenters. The molecule has 1 aromatic heterocycles. The van der Waals surface area contributed by atoms with Crippen LogP contribution in [0.15, 0.2) is 53.3 Å².